The normalized spacial score (nSPS) is 29.6. The summed E-state index contributed by atoms with van der Waals surface area (Å²) >= 11 is 0. The van der Waals surface area contributed by atoms with Gasteiger partial charge in [-0.2, -0.15) is 0 Å². The fourth-order valence-electron chi connectivity index (χ4n) is 2.72. The van der Waals surface area contributed by atoms with Crippen LogP contribution < -0.4 is 5.32 Å². The Kier molecular flexibility index (Phi) is 3.43. The first-order valence-corrected chi connectivity index (χ1v) is 6.68. The lowest BCUT2D eigenvalue weighted by Gasteiger charge is -2.21. The molecule has 4 heteroatoms. The molecule has 1 aromatic heterocycles. The topological polar surface area (TPSA) is 47.3 Å². The van der Waals surface area contributed by atoms with Crippen molar-refractivity contribution >= 4 is 0 Å². The Labute approximate surface area is 102 Å². The van der Waals surface area contributed by atoms with Crippen LogP contribution in [0.5, 0.6) is 0 Å². The molecule has 1 N–H and O–H groups in total. The summed E-state index contributed by atoms with van der Waals surface area (Å²) in [5, 5.41) is 3.42. The van der Waals surface area contributed by atoms with Crippen molar-refractivity contribution in [1.82, 2.24) is 10.3 Å². The molecule has 17 heavy (non-hydrogen) atoms. The standard InChI is InChI=1S/C13H20N2O2/c1-3-10(8-14-5-1)7-13-15-11(9-17-13)12-4-2-6-16-12/h9-10,12,14H,1-8H2. The summed E-state index contributed by atoms with van der Waals surface area (Å²) in [5.41, 5.74) is 0.987. The molecule has 0 spiro atoms. The lowest BCUT2D eigenvalue weighted by atomic mass is 9.96. The molecule has 0 bridgehead atoms. The first kappa shape index (κ1) is 11.2. The zero-order valence-corrected chi connectivity index (χ0v) is 10.2. The Morgan fingerprint density at radius 3 is 3.12 bits per heavy atom. The Morgan fingerprint density at radius 1 is 1.35 bits per heavy atom. The van der Waals surface area contributed by atoms with Crippen LogP contribution in [0.25, 0.3) is 0 Å². The Hall–Kier alpha value is -0.870. The lowest BCUT2D eigenvalue weighted by molar-refractivity contribution is 0.108. The van der Waals surface area contributed by atoms with E-state index in [1.807, 2.05) is 0 Å². The molecular weight excluding hydrogens is 216 g/mol. The third kappa shape index (κ3) is 2.69. The zero-order valence-electron chi connectivity index (χ0n) is 10.2. The van der Waals surface area contributed by atoms with Crippen LogP contribution in [0.3, 0.4) is 0 Å². The number of nitrogens with zero attached hydrogens (tertiary/aromatic N) is 1. The fourth-order valence-corrected chi connectivity index (χ4v) is 2.72. The number of hydrogen-bond donors (Lipinski definition) is 1. The summed E-state index contributed by atoms with van der Waals surface area (Å²) < 4.78 is 11.2. The summed E-state index contributed by atoms with van der Waals surface area (Å²) in [6.07, 6.45) is 7.68. The van der Waals surface area contributed by atoms with Crippen molar-refractivity contribution in [1.29, 1.82) is 0 Å². The van der Waals surface area contributed by atoms with Crippen LogP contribution >= 0.6 is 0 Å². The minimum Gasteiger partial charge on any atom is -0.449 e. The van der Waals surface area contributed by atoms with Gasteiger partial charge in [-0.05, 0) is 44.7 Å². The smallest absolute Gasteiger partial charge is 0.194 e. The number of ether oxygens (including phenoxy) is 1. The molecule has 2 fully saturated rings. The zero-order chi connectivity index (χ0) is 11.5. The Balaban J connectivity index is 1.59. The highest BCUT2D eigenvalue weighted by molar-refractivity contribution is 5.03. The van der Waals surface area contributed by atoms with Gasteiger partial charge in [0.25, 0.3) is 0 Å². The van der Waals surface area contributed by atoms with Gasteiger partial charge in [-0.3, -0.25) is 0 Å². The first-order valence-electron chi connectivity index (χ1n) is 6.68. The monoisotopic (exact) mass is 236 g/mol. The average Bonchev–Trinajstić information content (AvgIpc) is 3.00. The minimum absolute atomic E-state index is 0.178. The number of hydrogen-bond acceptors (Lipinski definition) is 4. The largest absolute Gasteiger partial charge is 0.449 e. The van der Waals surface area contributed by atoms with Crippen LogP contribution in [0.15, 0.2) is 10.7 Å². The van der Waals surface area contributed by atoms with Crippen LogP contribution in [0.1, 0.15) is 43.4 Å². The van der Waals surface area contributed by atoms with E-state index in [0.29, 0.717) is 5.92 Å². The van der Waals surface area contributed by atoms with Gasteiger partial charge < -0.3 is 14.5 Å². The van der Waals surface area contributed by atoms with Crippen LogP contribution in [0.2, 0.25) is 0 Å². The van der Waals surface area contributed by atoms with Crippen molar-refractivity contribution in [2.24, 2.45) is 5.92 Å². The van der Waals surface area contributed by atoms with Crippen molar-refractivity contribution in [2.45, 2.75) is 38.2 Å². The SMILES string of the molecule is c1oc(CC2CCCNC2)nc1C1CCCO1. The van der Waals surface area contributed by atoms with Crippen LogP contribution in [0.4, 0.5) is 0 Å². The van der Waals surface area contributed by atoms with Gasteiger partial charge in [0.1, 0.15) is 18.1 Å². The molecule has 0 saturated carbocycles. The van der Waals surface area contributed by atoms with E-state index in [1.165, 1.54) is 12.8 Å². The van der Waals surface area contributed by atoms with Crippen molar-refractivity contribution in [3.05, 3.63) is 17.8 Å². The summed E-state index contributed by atoms with van der Waals surface area (Å²) in [7, 11) is 0. The predicted molar refractivity (Wildman–Crippen MR) is 63.7 cm³/mol. The number of piperidine rings is 1. The quantitative estimate of drug-likeness (QED) is 0.872. The van der Waals surface area contributed by atoms with Gasteiger partial charge in [0.15, 0.2) is 5.89 Å². The predicted octanol–water partition coefficient (Wildman–Crippen LogP) is 2.07. The highest BCUT2D eigenvalue weighted by Crippen LogP contribution is 2.28. The second-order valence-electron chi connectivity index (χ2n) is 5.08. The molecule has 2 aliphatic rings. The molecule has 1 aromatic rings. The minimum atomic E-state index is 0.178. The molecule has 0 amide bonds. The van der Waals surface area contributed by atoms with Crippen molar-refractivity contribution in [3.63, 3.8) is 0 Å². The second-order valence-corrected chi connectivity index (χ2v) is 5.08. The highest BCUT2D eigenvalue weighted by Gasteiger charge is 2.22. The maximum Gasteiger partial charge on any atom is 0.194 e. The summed E-state index contributed by atoms with van der Waals surface area (Å²) in [5.74, 6) is 1.56. The Bertz CT molecular complexity index is 352. The van der Waals surface area contributed by atoms with E-state index in [-0.39, 0.29) is 6.10 Å². The average molecular weight is 236 g/mol. The van der Waals surface area contributed by atoms with E-state index in [9.17, 15) is 0 Å². The molecule has 2 saturated heterocycles. The molecule has 0 aliphatic carbocycles. The molecule has 3 rings (SSSR count). The van der Waals surface area contributed by atoms with Gasteiger partial charge in [-0.25, -0.2) is 4.98 Å². The highest BCUT2D eigenvalue weighted by atomic mass is 16.5. The summed E-state index contributed by atoms with van der Waals surface area (Å²) in [6, 6.07) is 0. The number of rotatable bonds is 3. The third-order valence-electron chi connectivity index (χ3n) is 3.69. The van der Waals surface area contributed by atoms with Gasteiger partial charge in [0.05, 0.1) is 0 Å². The second kappa shape index (κ2) is 5.19. The molecule has 94 valence electrons. The van der Waals surface area contributed by atoms with Gasteiger partial charge in [-0.15, -0.1) is 0 Å². The number of oxazole rings is 1. The third-order valence-corrected chi connectivity index (χ3v) is 3.69. The van der Waals surface area contributed by atoms with E-state index in [4.69, 9.17) is 9.15 Å². The molecule has 3 heterocycles. The first-order chi connectivity index (χ1) is 8.42. The van der Waals surface area contributed by atoms with E-state index in [0.717, 1.165) is 50.5 Å². The molecular formula is C13H20N2O2. The molecule has 0 aromatic carbocycles. The summed E-state index contributed by atoms with van der Waals surface area (Å²) in [4.78, 5) is 4.57. The molecule has 4 nitrogen and oxygen atoms in total. The maximum atomic E-state index is 5.61. The molecule has 2 atom stereocenters. The summed E-state index contributed by atoms with van der Waals surface area (Å²) in [6.45, 7) is 3.11. The van der Waals surface area contributed by atoms with Gasteiger partial charge in [0.2, 0.25) is 0 Å². The van der Waals surface area contributed by atoms with E-state index >= 15 is 0 Å². The van der Waals surface area contributed by atoms with Crippen LogP contribution in [0, 0.1) is 5.92 Å². The van der Waals surface area contributed by atoms with Crippen molar-refractivity contribution in [3.8, 4) is 0 Å². The van der Waals surface area contributed by atoms with Crippen molar-refractivity contribution < 1.29 is 9.15 Å². The number of aromatic nitrogens is 1. The van der Waals surface area contributed by atoms with E-state index in [2.05, 4.69) is 10.3 Å². The van der Waals surface area contributed by atoms with Gasteiger partial charge >= 0.3 is 0 Å². The molecule has 0 radical (unpaired) electrons. The van der Waals surface area contributed by atoms with E-state index in [1.54, 1.807) is 6.26 Å². The number of nitrogens with one attached hydrogen (secondary N) is 1. The van der Waals surface area contributed by atoms with Crippen LogP contribution in [-0.2, 0) is 11.2 Å². The maximum absolute atomic E-state index is 5.61. The van der Waals surface area contributed by atoms with E-state index < -0.39 is 0 Å². The fraction of sp³-hybridized carbons (Fsp3) is 0.769. The lowest BCUT2D eigenvalue weighted by Crippen LogP contribution is -2.30. The Morgan fingerprint density at radius 2 is 2.35 bits per heavy atom. The van der Waals surface area contributed by atoms with Crippen LogP contribution in [-0.4, -0.2) is 24.7 Å². The van der Waals surface area contributed by atoms with Gasteiger partial charge in [-0.1, -0.05) is 0 Å². The van der Waals surface area contributed by atoms with Gasteiger partial charge in [0, 0.05) is 13.0 Å². The molecule has 2 unspecified atom stereocenters. The molecule has 2 aliphatic heterocycles. The van der Waals surface area contributed by atoms with Crippen molar-refractivity contribution in [2.75, 3.05) is 19.7 Å².